The fourth-order valence-electron chi connectivity index (χ4n) is 3.93. The minimum atomic E-state index is -0.725. The van der Waals surface area contributed by atoms with Gasteiger partial charge in [0.25, 0.3) is 0 Å². The van der Waals surface area contributed by atoms with Gasteiger partial charge in [-0.15, -0.1) is 0 Å². The number of carbonyl (C=O) groups is 3. The first-order valence-electron chi connectivity index (χ1n) is 13.1. The van der Waals surface area contributed by atoms with Gasteiger partial charge in [-0.3, -0.25) is 14.4 Å². The quantitative estimate of drug-likeness (QED) is 0.230. The molecule has 206 valence electrons. The van der Waals surface area contributed by atoms with E-state index in [1.165, 1.54) is 6.92 Å². The first-order valence-corrected chi connectivity index (χ1v) is 13.1. The number of ether oxygens (including phenoxy) is 4. The Kier molecular flexibility index (Phi) is 13.9. The summed E-state index contributed by atoms with van der Waals surface area (Å²) in [6, 6.07) is 17.2. The molecule has 0 heterocycles. The van der Waals surface area contributed by atoms with E-state index in [2.05, 4.69) is 6.58 Å². The Labute approximate surface area is 226 Å². The highest BCUT2D eigenvalue weighted by atomic mass is 16.6. The standard InChI is InChI=1S/C31H40O7/c1-5-24-12-14-25(15-13-24)16-17-28(20-23(3)32)37-31(34)22-29(38-30(33)21-26(6-2)35-4)18-19-36-27-10-8-7-9-11-27/h5,7-15,26,28-29H,1,6,16-22H2,2-4H3. The third-order valence-electron chi connectivity index (χ3n) is 6.11. The van der Waals surface area contributed by atoms with Crippen LogP contribution in [-0.2, 0) is 35.0 Å². The molecule has 0 amide bonds. The summed E-state index contributed by atoms with van der Waals surface area (Å²) in [5.74, 6) is -0.337. The molecule has 7 heteroatoms. The molecule has 0 fully saturated rings. The van der Waals surface area contributed by atoms with Gasteiger partial charge >= 0.3 is 11.9 Å². The number of ketones is 1. The van der Waals surface area contributed by atoms with E-state index in [1.54, 1.807) is 13.2 Å². The maximum absolute atomic E-state index is 12.9. The molecule has 38 heavy (non-hydrogen) atoms. The van der Waals surface area contributed by atoms with E-state index in [-0.39, 0.29) is 37.8 Å². The minimum Gasteiger partial charge on any atom is -0.493 e. The van der Waals surface area contributed by atoms with Crippen LogP contribution in [0.3, 0.4) is 0 Å². The maximum atomic E-state index is 12.9. The number of rotatable bonds is 18. The van der Waals surface area contributed by atoms with Crippen LogP contribution in [0, 0.1) is 0 Å². The highest BCUT2D eigenvalue weighted by Crippen LogP contribution is 2.17. The second kappa shape index (κ2) is 17.1. The number of carbonyl (C=O) groups excluding carboxylic acids is 3. The molecule has 0 aliphatic carbocycles. The van der Waals surface area contributed by atoms with Crippen LogP contribution in [0.25, 0.3) is 6.08 Å². The number of Topliss-reactive ketones (excluding diaryl/α,β-unsaturated/α-hetero) is 1. The largest absolute Gasteiger partial charge is 0.493 e. The molecule has 0 aromatic heterocycles. The molecule has 7 nitrogen and oxygen atoms in total. The molecule has 0 aliphatic rings. The van der Waals surface area contributed by atoms with Crippen molar-refractivity contribution >= 4 is 23.8 Å². The molecule has 0 saturated heterocycles. The van der Waals surface area contributed by atoms with Gasteiger partial charge in [-0.05, 0) is 49.4 Å². The second-order valence-electron chi connectivity index (χ2n) is 9.24. The summed E-state index contributed by atoms with van der Waals surface area (Å²) in [5, 5.41) is 0. The summed E-state index contributed by atoms with van der Waals surface area (Å²) >= 11 is 0. The van der Waals surface area contributed by atoms with Crippen molar-refractivity contribution in [1.82, 2.24) is 0 Å². The first kappa shape index (κ1) is 30.8. The predicted molar refractivity (Wildman–Crippen MR) is 147 cm³/mol. The summed E-state index contributed by atoms with van der Waals surface area (Å²) < 4.78 is 22.4. The van der Waals surface area contributed by atoms with Crippen molar-refractivity contribution in [2.24, 2.45) is 0 Å². The van der Waals surface area contributed by atoms with Gasteiger partial charge in [0, 0.05) is 20.0 Å². The van der Waals surface area contributed by atoms with E-state index in [0.717, 1.165) is 11.1 Å². The predicted octanol–water partition coefficient (Wildman–Crippen LogP) is 5.74. The third kappa shape index (κ3) is 12.2. The Balaban J connectivity index is 1.98. The van der Waals surface area contributed by atoms with Gasteiger partial charge in [0.1, 0.15) is 23.7 Å². The van der Waals surface area contributed by atoms with Crippen molar-refractivity contribution in [3.8, 4) is 5.75 Å². The summed E-state index contributed by atoms with van der Waals surface area (Å²) in [7, 11) is 1.55. The van der Waals surface area contributed by atoms with E-state index < -0.39 is 24.1 Å². The zero-order valence-corrected chi connectivity index (χ0v) is 22.7. The summed E-state index contributed by atoms with van der Waals surface area (Å²) in [6.07, 6.45) is 2.47. The molecule has 0 bridgehead atoms. The Morgan fingerprint density at radius 2 is 1.45 bits per heavy atom. The Hall–Kier alpha value is -3.45. The van der Waals surface area contributed by atoms with E-state index in [1.807, 2.05) is 61.5 Å². The van der Waals surface area contributed by atoms with Crippen LogP contribution in [-0.4, -0.2) is 49.8 Å². The average Bonchev–Trinajstić information content (AvgIpc) is 2.90. The lowest BCUT2D eigenvalue weighted by molar-refractivity contribution is -0.160. The van der Waals surface area contributed by atoms with Crippen molar-refractivity contribution in [2.45, 2.75) is 77.1 Å². The fourth-order valence-corrected chi connectivity index (χ4v) is 3.93. The molecular formula is C31H40O7. The van der Waals surface area contributed by atoms with Crippen LogP contribution in [0.4, 0.5) is 0 Å². The number of benzene rings is 2. The fraction of sp³-hybridized carbons (Fsp3) is 0.452. The van der Waals surface area contributed by atoms with Gasteiger partial charge in [0.05, 0.1) is 25.6 Å². The number of esters is 2. The van der Waals surface area contributed by atoms with Gasteiger partial charge in [-0.25, -0.2) is 0 Å². The first-order chi connectivity index (χ1) is 18.3. The van der Waals surface area contributed by atoms with Gasteiger partial charge < -0.3 is 18.9 Å². The van der Waals surface area contributed by atoms with Crippen LogP contribution in [0.5, 0.6) is 5.75 Å². The number of aryl methyl sites for hydroxylation is 1. The summed E-state index contributed by atoms with van der Waals surface area (Å²) in [4.78, 5) is 37.2. The Morgan fingerprint density at radius 3 is 2.00 bits per heavy atom. The molecule has 0 saturated carbocycles. The highest BCUT2D eigenvalue weighted by Gasteiger charge is 2.24. The van der Waals surface area contributed by atoms with Crippen molar-refractivity contribution < 1.29 is 33.3 Å². The molecule has 3 atom stereocenters. The molecule has 0 aliphatic heterocycles. The van der Waals surface area contributed by atoms with Crippen LogP contribution in [0.15, 0.2) is 61.2 Å². The van der Waals surface area contributed by atoms with Gasteiger partial charge in [0.2, 0.25) is 0 Å². The van der Waals surface area contributed by atoms with Crippen LogP contribution in [0.1, 0.15) is 63.5 Å². The van der Waals surface area contributed by atoms with E-state index >= 15 is 0 Å². The minimum absolute atomic E-state index is 0.0609. The second-order valence-corrected chi connectivity index (χ2v) is 9.24. The smallest absolute Gasteiger partial charge is 0.309 e. The van der Waals surface area contributed by atoms with E-state index in [9.17, 15) is 14.4 Å². The number of hydrogen-bond donors (Lipinski definition) is 0. The molecule has 2 aromatic rings. The van der Waals surface area contributed by atoms with Crippen molar-refractivity contribution in [1.29, 1.82) is 0 Å². The number of para-hydroxylation sites is 1. The van der Waals surface area contributed by atoms with Gasteiger partial charge in [-0.2, -0.15) is 0 Å². The zero-order chi connectivity index (χ0) is 27.8. The molecule has 0 N–H and O–H groups in total. The Bertz CT molecular complexity index is 997. The highest BCUT2D eigenvalue weighted by molar-refractivity contribution is 5.77. The van der Waals surface area contributed by atoms with Gasteiger partial charge in [0.15, 0.2) is 0 Å². The van der Waals surface area contributed by atoms with Crippen molar-refractivity contribution in [3.63, 3.8) is 0 Å². The molecule has 2 aromatic carbocycles. The van der Waals surface area contributed by atoms with Crippen LogP contribution >= 0.6 is 0 Å². The molecule has 3 unspecified atom stereocenters. The summed E-state index contributed by atoms with van der Waals surface area (Å²) in [5.41, 5.74) is 2.10. The molecule has 0 spiro atoms. The maximum Gasteiger partial charge on any atom is 0.309 e. The molecule has 0 radical (unpaired) electrons. The number of hydrogen-bond acceptors (Lipinski definition) is 7. The van der Waals surface area contributed by atoms with Gasteiger partial charge in [-0.1, -0.05) is 62.0 Å². The van der Waals surface area contributed by atoms with Crippen molar-refractivity contribution in [3.05, 3.63) is 72.3 Å². The lowest BCUT2D eigenvalue weighted by Gasteiger charge is -2.21. The topological polar surface area (TPSA) is 88.1 Å². The average molecular weight is 525 g/mol. The van der Waals surface area contributed by atoms with Crippen LogP contribution in [0.2, 0.25) is 0 Å². The molecule has 2 rings (SSSR count). The lowest BCUT2D eigenvalue weighted by Crippen LogP contribution is -2.29. The van der Waals surface area contributed by atoms with Crippen LogP contribution < -0.4 is 4.74 Å². The number of methoxy groups -OCH3 is 1. The zero-order valence-electron chi connectivity index (χ0n) is 22.7. The lowest BCUT2D eigenvalue weighted by atomic mass is 10.0. The summed E-state index contributed by atoms with van der Waals surface area (Å²) in [6.45, 7) is 7.42. The van der Waals surface area contributed by atoms with Crippen molar-refractivity contribution in [2.75, 3.05) is 13.7 Å². The van der Waals surface area contributed by atoms with E-state index in [4.69, 9.17) is 18.9 Å². The van der Waals surface area contributed by atoms with E-state index in [0.29, 0.717) is 31.4 Å². The monoisotopic (exact) mass is 524 g/mol. The Morgan fingerprint density at radius 1 is 0.842 bits per heavy atom. The molecular weight excluding hydrogens is 484 g/mol. The third-order valence-corrected chi connectivity index (χ3v) is 6.11. The SMILES string of the molecule is C=Cc1ccc(CCC(CC(C)=O)OC(=O)CC(CCOc2ccccc2)OC(=O)CC(CC)OC)cc1. The normalized spacial score (nSPS) is 13.1.